The third-order valence-electron chi connectivity index (χ3n) is 1.90. The van der Waals surface area contributed by atoms with Crippen LogP contribution in [0, 0.1) is 0 Å². The second kappa shape index (κ2) is 4.94. The van der Waals surface area contributed by atoms with Crippen molar-refractivity contribution in [2.75, 3.05) is 0 Å². The lowest BCUT2D eigenvalue weighted by Gasteiger charge is -2.09. The number of nitrogens with one attached hydrogen (secondary N) is 1. The monoisotopic (exact) mass is 183 g/mol. The van der Waals surface area contributed by atoms with Crippen molar-refractivity contribution in [1.29, 1.82) is 0 Å². The van der Waals surface area contributed by atoms with Crippen LogP contribution in [0.5, 0.6) is 0 Å². The summed E-state index contributed by atoms with van der Waals surface area (Å²) in [7, 11) is 0. The molecular formula is C8H17N5. The first-order valence-corrected chi connectivity index (χ1v) is 4.60. The molecule has 13 heavy (non-hydrogen) atoms. The van der Waals surface area contributed by atoms with Gasteiger partial charge < -0.3 is 0 Å². The number of aryl methyl sites for hydroxylation is 1. The minimum absolute atomic E-state index is 0.236. The SMILES string of the molecule is CCCn1ncnc1CC(C)NN. The number of hydrazine groups is 1. The Kier molecular flexibility index (Phi) is 3.85. The zero-order valence-corrected chi connectivity index (χ0v) is 8.20. The average molecular weight is 183 g/mol. The number of nitrogens with two attached hydrogens (primary N) is 1. The molecule has 5 heteroatoms. The Bertz CT molecular complexity index is 244. The molecule has 1 unspecified atom stereocenters. The summed E-state index contributed by atoms with van der Waals surface area (Å²) >= 11 is 0. The maximum atomic E-state index is 5.31. The molecule has 1 aromatic heterocycles. The van der Waals surface area contributed by atoms with Crippen LogP contribution in [0.4, 0.5) is 0 Å². The van der Waals surface area contributed by atoms with E-state index in [1.807, 2.05) is 11.6 Å². The van der Waals surface area contributed by atoms with E-state index in [0.29, 0.717) is 0 Å². The number of aromatic nitrogens is 3. The van der Waals surface area contributed by atoms with Crippen molar-refractivity contribution in [2.24, 2.45) is 5.84 Å². The van der Waals surface area contributed by atoms with Gasteiger partial charge in [-0.3, -0.25) is 16.0 Å². The summed E-state index contributed by atoms with van der Waals surface area (Å²) < 4.78 is 1.92. The standard InChI is InChI=1S/C8H17N5/c1-3-4-13-8(10-6-11-13)5-7(2)12-9/h6-7,12H,3-5,9H2,1-2H3. The normalized spacial score (nSPS) is 13.2. The summed E-state index contributed by atoms with van der Waals surface area (Å²) in [5.74, 6) is 6.30. The third kappa shape index (κ3) is 2.78. The molecule has 1 aromatic rings. The molecule has 0 amide bonds. The zero-order valence-electron chi connectivity index (χ0n) is 8.20. The molecule has 1 heterocycles. The summed E-state index contributed by atoms with van der Waals surface area (Å²) in [4.78, 5) is 4.18. The molecule has 0 bridgehead atoms. The molecular weight excluding hydrogens is 166 g/mol. The summed E-state index contributed by atoms with van der Waals surface area (Å²) in [6.45, 7) is 5.06. The number of nitrogens with zero attached hydrogens (tertiary/aromatic N) is 3. The molecule has 5 nitrogen and oxygen atoms in total. The summed E-state index contributed by atoms with van der Waals surface area (Å²) in [6, 6.07) is 0.236. The highest BCUT2D eigenvalue weighted by Crippen LogP contribution is 1.99. The van der Waals surface area contributed by atoms with Gasteiger partial charge in [0.1, 0.15) is 12.2 Å². The van der Waals surface area contributed by atoms with Crippen LogP contribution in [-0.2, 0) is 13.0 Å². The van der Waals surface area contributed by atoms with Gasteiger partial charge in [-0.05, 0) is 13.3 Å². The number of hydrogen-bond acceptors (Lipinski definition) is 4. The molecule has 0 fully saturated rings. The van der Waals surface area contributed by atoms with Crippen molar-refractivity contribution in [3.8, 4) is 0 Å². The molecule has 0 aliphatic heterocycles. The Morgan fingerprint density at radius 1 is 1.69 bits per heavy atom. The van der Waals surface area contributed by atoms with Gasteiger partial charge >= 0.3 is 0 Å². The predicted molar refractivity (Wildman–Crippen MR) is 50.8 cm³/mol. The van der Waals surface area contributed by atoms with Crippen molar-refractivity contribution in [1.82, 2.24) is 20.2 Å². The van der Waals surface area contributed by atoms with Gasteiger partial charge in [0.25, 0.3) is 0 Å². The first-order chi connectivity index (χ1) is 6.27. The lowest BCUT2D eigenvalue weighted by molar-refractivity contribution is 0.509. The smallest absolute Gasteiger partial charge is 0.138 e. The van der Waals surface area contributed by atoms with E-state index in [1.54, 1.807) is 6.33 Å². The number of hydrogen-bond donors (Lipinski definition) is 2. The van der Waals surface area contributed by atoms with Crippen LogP contribution >= 0.6 is 0 Å². The van der Waals surface area contributed by atoms with Crippen molar-refractivity contribution in [2.45, 2.75) is 39.3 Å². The van der Waals surface area contributed by atoms with E-state index in [1.165, 1.54) is 0 Å². The molecule has 3 N–H and O–H groups in total. The van der Waals surface area contributed by atoms with Gasteiger partial charge in [0.15, 0.2) is 0 Å². The molecule has 0 saturated heterocycles. The summed E-state index contributed by atoms with van der Waals surface area (Å²) in [6.07, 6.45) is 3.48. The van der Waals surface area contributed by atoms with Gasteiger partial charge in [-0.25, -0.2) is 4.98 Å². The molecule has 0 radical (unpaired) electrons. The Morgan fingerprint density at radius 2 is 2.46 bits per heavy atom. The highest BCUT2D eigenvalue weighted by molar-refractivity contribution is 4.87. The van der Waals surface area contributed by atoms with Crippen molar-refractivity contribution >= 4 is 0 Å². The van der Waals surface area contributed by atoms with Crippen LogP contribution in [0.15, 0.2) is 6.33 Å². The first-order valence-electron chi connectivity index (χ1n) is 4.60. The van der Waals surface area contributed by atoms with Crippen LogP contribution in [-0.4, -0.2) is 20.8 Å². The fourth-order valence-electron chi connectivity index (χ4n) is 1.18. The minimum Gasteiger partial charge on any atom is -0.271 e. The van der Waals surface area contributed by atoms with E-state index < -0.39 is 0 Å². The quantitative estimate of drug-likeness (QED) is 0.501. The van der Waals surface area contributed by atoms with Crippen LogP contribution < -0.4 is 11.3 Å². The maximum Gasteiger partial charge on any atom is 0.138 e. The topological polar surface area (TPSA) is 68.8 Å². The molecule has 0 aliphatic rings. The fourth-order valence-corrected chi connectivity index (χ4v) is 1.18. The lowest BCUT2D eigenvalue weighted by atomic mass is 10.2. The fraction of sp³-hybridized carbons (Fsp3) is 0.750. The second-order valence-corrected chi connectivity index (χ2v) is 3.17. The van der Waals surface area contributed by atoms with Crippen molar-refractivity contribution < 1.29 is 0 Å². The Hall–Kier alpha value is -0.940. The van der Waals surface area contributed by atoms with Gasteiger partial charge in [0.05, 0.1) is 0 Å². The molecule has 0 aliphatic carbocycles. The third-order valence-corrected chi connectivity index (χ3v) is 1.90. The zero-order chi connectivity index (χ0) is 9.68. The predicted octanol–water partition coefficient (Wildman–Crippen LogP) is 0.0824. The molecule has 0 aromatic carbocycles. The maximum absolute atomic E-state index is 5.31. The molecule has 0 saturated carbocycles. The molecule has 74 valence electrons. The van der Waals surface area contributed by atoms with Crippen molar-refractivity contribution in [3.63, 3.8) is 0 Å². The van der Waals surface area contributed by atoms with Gasteiger partial charge in [-0.15, -0.1) is 0 Å². The molecule has 1 rings (SSSR count). The Balaban J connectivity index is 2.59. The number of rotatable bonds is 5. The second-order valence-electron chi connectivity index (χ2n) is 3.17. The minimum atomic E-state index is 0.236. The molecule has 0 spiro atoms. The van der Waals surface area contributed by atoms with E-state index >= 15 is 0 Å². The van der Waals surface area contributed by atoms with Crippen LogP contribution in [0.1, 0.15) is 26.1 Å². The molecule has 1 atom stereocenters. The van der Waals surface area contributed by atoms with E-state index in [9.17, 15) is 0 Å². The summed E-state index contributed by atoms with van der Waals surface area (Å²) in [5, 5.41) is 4.13. The first kappa shape index (κ1) is 10.1. The van der Waals surface area contributed by atoms with E-state index in [0.717, 1.165) is 25.2 Å². The van der Waals surface area contributed by atoms with Gasteiger partial charge in [-0.1, -0.05) is 6.92 Å². The lowest BCUT2D eigenvalue weighted by Crippen LogP contribution is -2.34. The average Bonchev–Trinajstić information content (AvgIpc) is 2.54. The highest BCUT2D eigenvalue weighted by atomic mass is 15.3. The highest BCUT2D eigenvalue weighted by Gasteiger charge is 2.07. The van der Waals surface area contributed by atoms with Crippen LogP contribution in [0.25, 0.3) is 0 Å². The van der Waals surface area contributed by atoms with E-state index in [2.05, 4.69) is 22.4 Å². The van der Waals surface area contributed by atoms with E-state index in [4.69, 9.17) is 5.84 Å². The Morgan fingerprint density at radius 3 is 3.08 bits per heavy atom. The van der Waals surface area contributed by atoms with Gasteiger partial charge in [0.2, 0.25) is 0 Å². The summed E-state index contributed by atoms with van der Waals surface area (Å²) in [5.41, 5.74) is 2.69. The van der Waals surface area contributed by atoms with Crippen LogP contribution in [0.2, 0.25) is 0 Å². The van der Waals surface area contributed by atoms with E-state index in [-0.39, 0.29) is 6.04 Å². The largest absolute Gasteiger partial charge is 0.271 e. The van der Waals surface area contributed by atoms with Crippen LogP contribution in [0.3, 0.4) is 0 Å². The van der Waals surface area contributed by atoms with Crippen molar-refractivity contribution in [3.05, 3.63) is 12.2 Å². The Labute approximate surface area is 78.3 Å². The van der Waals surface area contributed by atoms with Gasteiger partial charge in [0, 0.05) is 19.0 Å². The van der Waals surface area contributed by atoms with Gasteiger partial charge in [-0.2, -0.15) is 5.10 Å².